The minimum absolute atomic E-state index is 0.773. The van der Waals surface area contributed by atoms with Gasteiger partial charge in [0.2, 0.25) is 0 Å². The van der Waals surface area contributed by atoms with Gasteiger partial charge in [-0.1, -0.05) is 49.4 Å². The predicted octanol–water partition coefficient (Wildman–Crippen LogP) is 4.05. The first kappa shape index (κ1) is 15.6. The molecule has 0 saturated carbocycles. The molecule has 1 N–H and O–H groups in total. The Balaban J connectivity index is 1.72. The standard InChI is InChI=1S/C19H25NO/c1-2-13-20-14-6-15-21-19-11-9-18(10-12-19)16-17-7-4-3-5-8-17/h3-5,7-12,20H,2,6,13-16H2,1H3. The van der Waals surface area contributed by atoms with Gasteiger partial charge in [-0.3, -0.25) is 0 Å². The fraction of sp³-hybridized carbons (Fsp3) is 0.368. The van der Waals surface area contributed by atoms with Crippen molar-refractivity contribution in [2.45, 2.75) is 26.2 Å². The summed E-state index contributed by atoms with van der Waals surface area (Å²) in [7, 11) is 0. The molecule has 2 aromatic rings. The molecule has 0 aliphatic heterocycles. The molecule has 0 fully saturated rings. The highest BCUT2D eigenvalue weighted by atomic mass is 16.5. The van der Waals surface area contributed by atoms with Gasteiger partial charge in [0.25, 0.3) is 0 Å². The van der Waals surface area contributed by atoms with Gasteiger partial charge in [-0.05, 0) is 55.6 Å². The molecular formula is C19H25NO. The summed E-state index contributed by atoms with van der Waals surface area (Å²) in [5.41, 5.74) is 2.66. The second-order valence-electron chi connectivity index (χ2n) is 5.26. The molecule has 0 aliphatic carbocycles. The molecule has 0 amide bonds. The van der Waals surface area contributed by atoms with Crippen LogP contribution in [0.15, 0.2) is 54.6 Å². The summed E-state index contributed by atoms with van der Waals surface area (Å²) < 4.78 is 5.75. The molecule has 0 atom stereocenters. The Morgan fingerprint density at radius 2 is 1.57 bits per heavy atom. The summed E-state index contributed by atoms with van der Waals surface area (Å²) in [5.74, 6) is 0.960. The number of hydrogen-bond acceptors (Lipinski definition) is 2. The van der Waals surface area contributed by atoms with Gasteiger partial charge in [0.05, 0.1) is 6.61 Å². The number of benzene rings is 2. The van der Waals surface area contributed by atoms with E-state index in [-0.39, 0.29) is 0 Å². The van der Waals surface area contributed by atoms with Crippen LogP contribution in [0.1, 0.15) is 30.9 Å². The van der Waals surface area contributed by atoms with Crippen LogP contribution in [0.5, 0.6) is 5.75 Å². The SMILES string of the molecule is CCCNCCCOc1ccc(Cc2ccccc2)cc1. The van der Waals surface area contributed by atoms with Crippen LogP contribution < -0.4 is 10.1 Å². The quantitative estimate of drug-likeness (QED) is 0.701. The number of hydrogen-bond donors (Lipinski definition) is 1. The third-order valence-electron chi connectivity index (χ3n) is 3.37. The molecule has 0 heterocycles. The van der Waals surface area contributed by atoms with Gasteiger partial charge in [0.1, 0.15) is 5.75 Å². The summed E-state index contributed by atoms with van der Waals surface area (Å²) in [6, 6.07) is 19.0. The van der Waals surface area contributed by atoms with Gasteiger partial charge < -0.3 is 10.1 Å². The first-order valence-electron chi connectivity index (χ1n) is 7.85. The Morgan fingerprint density at radius 1 is 0.857 bits per heavy atom. The van der Waals surface area contributed by atoms with E-state index in [2.05, 4.69) is 66.8 Å². The highest BCUT2D eigenvalue weighted by Crippen LogP contribution is 2.15. The van der Waals surface area contributed by atoms with Crippen molar-refractivity contribution in [2.75, 3.05) is 19.7 Å². The lowest BCUT2D eigenvalue weighted by Crippen LogP contribution is -2.18. The molecule has 112 valence electrons. The third-order valence-corrected chi connectivity index (χ3v) is 3.37. The molecule has 2 rings (SSSR count). The zero-order valence-electron chi connectivity index (χ0n) is 12.8. The van der Waals surface area contributed by atoms with Crippen molar-refractivity contribution in [1.82, 2.24) is 5.32 Å². The molecule has 0 aromatic heterocycles. The Morgan fingerprint density at radius 3 is 2.29 bits per heavy atom. The van der Waals surface area contributed by atoms with Crippen LogP contribution in [-0.4, -0.2) is 19.7 Å². The zero-order valence-corrected chi connectivity index (χ0v) is 12.8. The van der Waals surface area contributed by atoms with E-state index in [9.17, 15) is 0 Å². The van der Waals surface area contributed by atoms with E-state index in [1.165, 1.54) is 17.5 Å². The molecule has 0 unspecified atom stereocenters. The maximum Gasteiger partial charge on any atom is 0.119 e. The largest absolute Gasteiger partial charge is 0.494 e. The van der Waals surface area contributed by atoms with E-state index in [4.69, 9.17) is 4.74 Å². The highest BCUT2D eigenvalue weighted by molar-refractivity contribution is 5.31. The van der Waals surface area contributed by atoms with Gasteiger partial charge in [-0.2, -0.15) is 0 Å². The van der Waals surface area contributed by atoms with Crippen LogP contribution in [-0.2, 0) is 6.42 Å². The summed E-state index contributed by atoms with van der Waals surface area (Å²) >= 11 is 0. The average molecular weight is 283 g/mol. The maximum absolute atomic E-state index is 5.75. The summed E-state index contributed by atoms with van der Waals surface area (Å²) in [4.78, 5) is 0. The minimum atomic E-state index is 0.773. The molecular weight excluding hydrogens is 258 g/mol. The van der Waals surface area contributed by atoms with Gasteiger partial charge in [-0.15, -0.1) is 0 Å². The fourth-order valence-corrected chi connectivity index (χ4v) is 2.22. The van der Waals surface area contributed by atoms with Crippen LogP contribution in [0.3, 0.4) is 0 Å². The topological polar surface area (TPSA) is 21.3 Å². The van der Waals surface area contributed by atoms with Crippen molar-refractivity contribution in [2.24, 2.45) is 0 Å². The van der Waals surface area contributed by atoms with E-state index in [1.54, 1.807) is 0 Å². The molecule has 0 radical (unpaired) electrons. The Kier molecular flexibility index (Phi) is 6.82. The predicted molar refractivity (Wildman–Crippen MR) is 89.0 cm³/mol. The van der Waals surface area contributed by atoms with E-state index >= 15 is 0 Å². The third kappa shape index (κ3) is 6.01. The molecule has 0 bridgehead atoms. The smallest absolute Gasteiger partial charge is 0.119 e. The van der Waals surface area contributed by atoms with Crippen LogP contribution in [0.25, 0.3) is 0 Å². The van der Waals surface area contributed by atoms with Crippen molar-refractivity contribution in [3.63, 3.8) is 0 Å². The van der Waals surface area contributed by atoms with Crippen molar-refractivity contribution in [3.05, 3.63) is 65.7 Å². The Bertz CT molecular complexity index is 493. The summed E-state index contributed by atoms with van der Waals surface area (Å²) in [6.45, 7) is 5.07. The van der Waals surface area contributed by atoms with Gasteiger partial charge in [-0.25, -0.2) is 0 Å². The zero-order chi connectivity index (χ0) is 14.8. The molecule has 0 spiro atoms. The molecule has 2 nitrogen and oxygen atoms in total. The second kappa shape index (κ2) is 9.19. The van der Waals surface area contributed by atoms with E-state index in [0.717, 1.165) is 38.3 Å². The molecule has 0 saturated heterocycles. The van der Waals surface area contributed by atoms with Crippen LogP contribution in [0, 0.1) is 0 Å². The van der Waals surface area contributed by atoms with Crippen LogP contribution >= 0.6 is 0 Å². The Hall–Kier alpha value is -1.80. The lowest BCUT2D eigenvalue weighted by Gasteiger charge is -2.08. The number of nitrogens with one attached hydrogen (secondary N) is 1. The van der Waals surface area contributed by atoms with E-state index in [0.29, 0.717) is 0 Å². The van der Waals surface area contributed by atoms with Gasteiger partial charge in [0, 0.05) is 0 Å². The second-order valence-corrected chi connectivity index (χ2v) is 5.26. The van der Waals surface area contributed by atoms with Gasteiger partial charge >= 0.3 is 0 Å². The first-order chi connectivity index (χ1) is 10.4. The Labute approximate surface area is 128 Å². The molecule has 21 heavy (non-hydrogen) atoms. The van der Waals surface area contributed by atoms with Crippen LogP contribution in [0.4, 0.5) is 0 Å². The minimum Gasteiger partial charge on any atom is -0.494 e. The first-order valence-corrected chi connectivity index (χ1v) is 7.85. The number of ether oxygens (including phenoxy) is 1. The van der Waals surface area contributed by atoms with Crippen molar-refractivity contribution < 1.29 is 4.74 Å². The maximum atomic E-state index is 5.75. The lowest BCUT2D eigenvalue weighted by molar-refractivity contribution is 0.308. The fourth-order valence-electron chi connectivity index (χ4n) is 2.22. The van der Waals surface area contributed by atoms with Crippen molar-refractivity contribution in [3.8, 4) is 5.75 Å². The monoisotopic (exact) mass is 283 g/mol. The normalized spacial score (nSPS) is 10.5. The van der Waals surface area contributed by atoms with E-state index < -0.39 is 0 Å². The molecule has 0 aliphatic rings. The highest BCUT2D eigenvalue weighted by Gasteiger charge is 1.98. The van der Waals surface area contributed by atoms with Crippen LogP contribution in [0.2, 0.25) is 0 Å². The average Bonchev–Trinajstić information content (AvgIpc) is 2.53. The molecule has 2 aromatic carbocycles. The van der Waals surface area contributed by atoms with E-state index in [1.807, 2.05) is 0 Å². The van der Waals surface area contributed by atoms with Gasteiger partial charge in [0.15, 0.2) is 0 Å². The number of rotatable bonds is 9. The van der Waals surface area contributed by atoms with Crippen molar-refractivity contribution in [1.29, 1.82) is 0 Å². The summed E-state index contributed by atoms with van der Waals surface area (Å²) in [5, 5.41) is 3.38. The lowest BCUT2D eigenvalue weighted by atomic mass is 10.1. The van der Waals surface area contributed by atoms with Crippen molar-refractivity contribution >= 4 is 0 Å². The molecule has 2 heteroatoms. The summed E-state index contributed by atoms with van der Waals surface area (Å²) in [6.07, 6.45) is 3.21.